The number of para-hydroxylation sites is 1. The summed E-state index contributed by atoms with van der Waals surface area (Å²) in [4.78, 5) is 12.9. The normalized spacial score (nSPS) is 28.4. The Morgan fingerprint density at radius 2 is 1.84 bits per heavy atom. The number of benzene rings is 1. The van der Waals surface area contributed by atoms with Gasteiger partial charge in [0.25, 0.3) is 0 Å². The first-order valence-electron chi connectivity index (χ1n) is 8.73. The summed E-state index contributed by atoms with van der Waals surface area (Å²) in [6.45, 7) is 4.71. The Hall–Kier alpha value is -1.88. The van der Waals surface area contributed by atoms with Crippen LogP contribution in [0.2, 0.25) is 0 Å². The SMILES string of the molecule is CC(C)(C)OC(=O)C12C=C(c3ccccc3OCF)C(N)(CC1)CC2. The van der Waals surface area contributed by atoms with E-state index in [1.54, 1.807) is 12.1 Å². The maximum Gasteiger partial charge on any atom is 0.316 e. The van der Waals surface area contributed by atoms with Crippen molar-refractivity contribution in [3.8, 4) is 5.75 Å². The van der Waals surface area contributed by atoms with Gasteiger partial charge in [0, 0.05) is 11.1 Å². The van der Waals surface area contributed by atoms with Crippen molar-refractivity contribution >= 4 is 11.5 Å². The van der Waals surface area contributed by atoms with Crippen molar-refractivity contribution in [2.75, 3.05) is 6.86 Å². The van der Waals surface area contributed by atoms with Gasteiger partial charge in [-0.15, -0.1) is 0 Å². The predicted molar refractivity (Wildman–Crippen MR) is 94.7 cm³/mol. The van der Waals surface area contributed by atoms with Gasteiger partial charge in [-0.05, 0) is 58.1 Å². The lowest BCUT2D eigenvalue weighted by Crippen LogP contribution is -2.54. The van der Waals surface area contributed by atoms with E-state index in [0.717, 1.165) is 11.1 Å². The largest absolute Gasteiger partial charge is 0.462 e. The van der Waals surface area contributed by atoms with Crippen LogP contribution >= 0.6 is 0 Å². The third-order valence-corrected chi connectivity index (χ3v) is 5.18. The van der Waals surface area contributed by atoms with E-state index >= 15 is 0 Å². The van der Waals surface area contributed by atoms with Crippen LogP contribution in [0.25, 0.3) is 5.57 Å². The van der Waals surface area contributed by atoms with Gasteiger partial charge in [-0.1, -0.05) is 24.3 Å². The minimum atomic E-state index is -0.904. The molecule has 0 radical (unpaired) electrons. The molecule has 0 atom stereocenters. The molecule has 2 N–H and O–H groups in total. The Morgan fingerprint density at radius 3 is 2.44 bits per heavy atom. The Balaban J connectivity index is 2.04. The fourth-order valence-electron chi connectivity index (χ4n) is 3.84. The fourth-order valence-corrected chi connectivity index (χ4v) is 3.84. The van der Waals surface area contributed by atoms with Crippen LogP contribution in [0.15, 0.2) is 30.3 Å². The highest BCUT2D eigenvalue weighted by molar-refractivity contribution is 5.88. The minimum absolute atomic E-state index is 0.205. The van der Waals surface area contributed by atoms with Crippen LogP contribution in [0.4, 0.5) is 4.39 Å². The van der Waals surface area contributed by atoms with Crippen LogP contribution in [-0.4, -0.2) is 24.0 Å². The highest BCUT2D eigenvalue weighted by atomic mass is 19.1. The van der Waals surface area contributed by atoms with Crippen molar-refractivity contribution in [2.45, 2.75) is 57.6 Å². The molecule has 0 aliphatic heterocycles. The van der Waals surface area contributed by atoms with Crippen LogP contribution < -0.4 is 10.5 Å². The van der Waals surface area contributed by atoms with Crippen molar-refractivity contribution in [3.63, 3.8) is 0 Å². The molecule has 1 aromatic rings. The van der Waals surface area contributed by atoms with Crippen molar-refractivity contribution in [3.05, 3.63) is 35.9 Å². The van der Waals surface area contributed by atoms with Crippen LogP contribution in [0.1, 0.15) is 52.0 Å². The molecular formula is C20H26FNO3. The fraction of sp³-hybridized carbons (Fsp3) is 0.550. The molecule has 0 amide bonds. The Bertz CT molecular complexity index is 697. The molecule has 4 nitrogen and oxygen atoms in total. The molecule has 1 saturated carbocycles. The number of nitrogens with two attached hydrogens (primary N) is 1. The molecule has 3 aliphatic rings. The molecule has 25 heavy (non-hydrogen) atoms. The lowest BCUT2D eigenvalue weighted by molar-refractivity contribution is -0.167. The summed E-state index contributed by atoms with van der Waals surface area (Å²) in [7, 11) is 0. The highest BCUT2D eigenvalue weighted by Crippen LogP contribution is 2.54. The molecule has 1 fully saturated rings. The number of halogens is 1. The van der Waals surface area contributed by atoms with Gasteiger partial charge in [0.15, 0.2) is 0 Å². The van der Waals surface area contributed by atoms with E-state index in [1.807, 2.05) is 39.0 Å². The summed E-state index contributed by atoms with van der Waals surface area (Å²) < 4.78 is 23.6. The zero-order valence-electron chi connectivity index (χ0n) is 15.1. The molecule has 0 aromatic heterocycles. The topological polar surface area (TPSA) is 61.5 Å². The molecule has 0 unspecified atom stereocenters. The third-order valence-electron chi connectivity index (χ3n) is 5.18. The number of hydrogen-bond donors (Lipinski definition) is 1. The van der Waals surface area contributed by atoms with Crippen LogP contribution in [-0.2, 0) is 9.53 Å². The van der Waals surface area contributed by atoms with E-state index in [2.05, 4.69) is 0 Å². The second-order valence-electron chi connectivity index (χ2n) is 8.12. The first kappa shape index (κ1) is 17.9. The van der Waals surface area contributed by atoms with Crippen molar-refractivity contribution in [2.24, 2.45) is 11.1 Å². The zero-order valence-corrected chi connectivity index (χ0v) is 15.1. The van der Waals surface area contributed by atoms with E-state index in [0.29, 0.717) is 31.4 Å². The summed E-state index contributed by atoms with van der Waals surface area (Å²) in [6, 6.07) is 7.26. The maximum absolute atomic E-state index is 12.9. The number of alkyl halides is 1. The third kappa shape index (κ3) is 3.30. The molecule has 2 bridgehead atoms. The number of hydrogen-bond acceptors (Lipinski definition) is 4. The standard InChI is InChI=1S/C20H26FNO3/c1-18(2,3)25-17(23)19-8-10-20(22,11-9-19)15(12-19)14-6-4-5-7-16(14)24-13-21/h4-7,12H,8-11,13,22H2,1-3H3. The van der Waals surface area contributed by atoms with Gasteiger partial charge >= 0.3 is 5.97 Å². The molecule has 1 aromatic carbocycles. The van der Waals surface area contributed by atoms with Gasteiger partial charge in [-0.25, -0.2) is 4.39 Å². The zero-order chi connectivity index (χ0) is 18.3. The number of esters is 1. The maximum atomic E-state index is 12.9. The molecular weight excluding hydrogens is 321 g/mol. The van der Waals surface area contributed by atoms with Gasteiger partial charge in [-0.3, -0.25) is 4.79 Å². The summed E-state index contributed by atoms with van der Waals surface area (Å²) in [6.07, 6.45) is 4.70. The van der Waals surface area contributed by atoms with Gasteiger partial charge in [0.2, 0.25) is 6.86 Å². The second kappa shape index (κ2) is 6.13. The number of rotatable bonds is 4. The number of carbonyl (C=O) groups excluding carboxylic acids is 1. The number of carbonyl (C=O) groups is 1. The molecule has 136 valence electrons. The smallest absolute Gasteiger partial charge is 0.316 e. The van der Waals surface area contributed by atoms with E-state index in [-0.39, 0.29) is 5.97 Å². The minimum Gasteiger partial charge on any atom is -0.462 e. The lowest BCUT2D eigenvalue weighted by atomic mass is 9.57. The van der Waals surface area contributed by atoms with Crippen molar-refractivity contribution < 1.29 is 18.7 Å². The molecule has 0 saturated heterocycles. The Morgan fingerprint density at radius 1 is 1.20 bits per heavy atom. The van der Waals surface area contributed by atoms with Gasteiger partial charge in [0.05, 0.1) is 5.41 Å². The lowest BCUT2D eigenvalue weighted by Gasteiger charge is -2.49. The van der Waals surface area contributed by atoms with Gasteiger partial charge in [-0.2, -0.15) is 0 Å². The van der Waals surface area contributed by atoms with Crippen LogP contribution in [0.5, 0.6) is 5.75 Å². The van der Waals surface area contributed by atoms with E-state index < -0.39 is 23.4 Å². The number of fused-ring (bicyclic) bond motifs is 2. The molecule has 0 spiro atoms. The molecule has 0 heterocycles. The molecule has 4 rings (SSSR count). The number of ether oxygens (including phenoxy) is 2. The van der Waals surface area contributed by atoms with E-state index in [9.17, 15) is 9.18 Å². The summed E-state index contributed by atoms with van der Waals surface area (Å²) in [5.74, 6) is 0.246. The Labute approximate surface area is 148 Å². The second-order valence-corrected chi connectivity index (χ2v) is 8.12. The van der Waals surface area contributed by atoms with Gasteiger partial charge in [0.1, 0.15) is 11.4 Å². The van der Waals surface area contributed by atoms with Crippen LogP contribution in [0.3, 0.4) is 0 Å². The van der Waals surface area contributed by atoms with Crippen molar-refractivity contribution in [1.29, 1.82) is 0 Å². The quantitative estimate of drug-likeness (QED) is 0.837. The van der Waals surface area contributed by atoms with Gasteiger partial charge < -0.3 is 15.2 Å². The van der Waals surface area contributed by atoms with E-state index in [1.165, 1.54) is 0 Å². The average Bonchev–Trinajstić information content (AvgIpc) is 2.55. The molecule has 5 heteroatoms. The Kier molecular flexibility index (Phi) is 4.40. The average molecular weight is 347 g/mol. The van der Waals surface area contributed by atoms with Crippen molar-refractivity contribution in [1.82, 2.24) is 0 Å². The first-order valence-corrected chi connectivity index (χ1v) is 8.73. The predicted octanol–water partition coefficient (Wildman–Crippen LogP) is 3.99. The van der Waals surface area contributed by atoms with Crippen LogP contribution in [0, 0.1) is 5.41 Å². The molecule has 3 aliphatic carbocycles. The monoisotopic (exact) mass is 347 g/mol. The van der Waals surface area contributed by atoms with E-state index in [4.69, 9.17) is 15.2 Å². The summed E-state index contributed by atoms with van der Waals surface area (Å²) in [5.41, 5.74) is 6.56. The first-order chi connectivity index (χ1) is 11.7. The highest BCUT2D eigenvalue weighted by Gasteiger charge is 2.53. The summed E-state index contributed by atoms with van der Waals surface area (Å²) in [5, 5.41) is 0. The summed E-state index contributed by atoms with van der Waals surface area (Å²) >= 11 is 0.